The van der Waals surface area contributed by atoms with Crippen LogP contribution in [0.2, 0.25) is 39.3 Å². The van der Waals surface area contributed by atoms with E-state index in [-0.39, 0.29) is 11.0 Å². The fourth-order valence-corrected chi connectivity index (χ4v) is 12.1. The third-order valence-corrected chi connectivity index (χ3v) is 12.6. The molecule has 0 bridgehead atoms. The Balaban J connectivity index is 1.60. The summed E-state index contributed by atoms with van der Waals surface area (Å²) < 4.78 is 13.8. The van der Waals surface area contributed by atoms with Crippen molar-refractivity contribution in [1.82, 2.24) is 0 Å². The molecule has 0 aliphatic heterocycles. The Kier molecular flexibility index (Phi) is 7.10. The Morgan fingerprint density at radius 2 is 1.50 bits per heavy atom. The van der Waals surface area contributed by atoms with Crippen molar-refractivity contribution in [2.45, 2.75) is 130 Å². The average Bonchev–Trinajstić information content (AvgIpc) is 2.99. The van der Waals surface area contributed by atoms with Crippen LogP contribution < -0.4 is 0 Å². The van der Waals surface area contributed by atoms with Gasteiger partial charge < -0.3 is 13.7 Å². The molecule has 4 rings (SSSR count). The van der Waals surface area contributed by atoms with Crippen molar-refractivity contribution in [3.8, 4) is 0 Å². The van der Waals surface area contributed by atoms with E-state index in [2.05, 4.69) is 65.2 Å². The van der Waals surface area contributed by atoms with Crippen LogP contribution in [0, 0.1) is 34.5 Å². The molecule has 4 nitrogen and oxygen atoms in total. The maximum Gasteiger partial charge on any atom is 0.185 e. The van der Waals surface area contributed by atoms with Crippen molar-refractivity contribution in [3.63, 3.8) is 0 Å². The van der Waals surface area contributed by atoms with Gasteiger partial charge >= 0.3 is 0 Å². The molecule has 0 spiro atoms. The number of oxime groups is 1. The van der Waals surface area contributed by atoms with E-state index in [9.17, 15) is 0 Å². The molecule has 0 N–H and O–H groups in total. The van der Waals surface area contributed by atoms with Gasteiger partial charge in [-0.05, 0) is 133 Å². The highest BCUT2D eigenvalue weighted by Crippen LogP contribution is 2.69. The molecule has 0 heterocycles. The van der Waals surface area contributed by atoms with Gasteiger partial charge in [0.05, 0.1) is 5.71 Å². The predicted molar refractivity (Wildman–Crippen MR) is 147 cm³/mol. The van der Waals surface area contributed by atoms with Crippen LogP contribution in [0.3, 0.4) is 0 Å². The van der Waals surface area contributed by atoms with Gasteiger partial charge in [-0.3, -0.25) is 0 Å². The summed E-state index contributed by atoms with van der Waals surface area (Å²) in [5.41, 5.74) is 1.46. The highest BCUT2D eigenvalue weighted by Gasteiger charge is 2.67. The van der Waals surface area contributed by atoms with Crippen LogP contribution in [0.15, 0.2) is 5.16 Å². The van der Waals surface area contributed by atoms with Crippen LogP contribution in [-0.4, -0.2) is 41.2 Å². The average molecular weight is 508 g/mol. The molecule has 4 fully saturated rings. The fraction of sp³-hybridized carbons (Fsp3) is 0.964. The highest BCUT2D eigenvalue weighted by atomic mass is 28.4. The van der Waals surface area contributed by atoms with Crippen LogP contribution >= 0.6 is 0 Å². The highest BCUT2D eigenvalue weighted by molar-refractivity contribution is 6.70. The molecule has 3 unspecified atom stereocenters. The van der Waals surface area contributed by atoms with Crippen LogP contribution in [-0.2, 0) is 13.7 Å². The number of hydrogen-bond donors (Lipinski definition) is 0. The van der Waals surface area contributed by atoms with E-state index in [1.807, 2.05) is 0 Å². The van der Waals surface area contributed by atoms with E-state index in [1.165, 1.54) is 51.4 Å². The number of fused-ring (bicyclic) bond motifs is 5. The van der Waals surface area contributed by atoms with Gasteiger partial charge in [-0.2, -0.15) is 0 Å². The second-order valence-electron chi connectivity index (χ2n) is 14.7. The molecule has 8 atom stereocenters. The second kappa shape index (κ2) is 8.99. The lowest BCUT2D eigenvalue weighted by molar-refractivity contribution is -0.139. The van der Waals surface area contributed by atoms with Crippen LogP contribution in [0.5, 0.6) is 0 Å². The third kappa shape index (κ3) is 4.52. The fourth-order valence-electron chi connectivity index (χ4n) is 9.39. The summed E-state index contributed by atoms with van der Waals surface area (Å²) >= 11 is 0. The van der Waals surface area contributed by atoms with Gasteiger partial charge in [0, 0.05) is 11.5 Å². The van der Waals surface area contributed by atoms with Gasteiger partial charge in [0.15, 0.2) is 16.6 Å². The molecule has 0 radical (unpaired) electrons. The van der Waals surface area contributed by atoms with E-state index in [0.29, 0.717) is 11.5 Å². The topological polar surface area (TPSA) is 40.0 Å². The Hall–Kier alpha value is -0.176. The first-order chi connectivity index (χ1) is 15.7. The molecule has 4 aliphatic carbocycles. The molecule has 0 aromatic carbocycles. The summed E-state index contributed by atoms with van der Waals surface area (Å²) in [5.74, 6) is 3.27. The SMILES string of the molecule is CON=C(C)[C@@]1(O[Si](C)(C)C)CCC2C3CC[C@@H]4C[C@H](O[Si](C)(C)C)CC[C@]4(C)C3CC[C@@]21C. The zero-order valence-electron chi connectivity index (χ0n) is 23.9. The first kappa shape index (κ1) is 26.9. The molecule has 0 saturated heterocycles. The first-order valence-electron chi connectivity index (χ1n) is 14.1. The van der Waals surface area contributed by atoms with E-state index in [0.717, 1.165) is 35.8 Å². The largest absolute Gasteiger partial charge is 0.415 e. The lowest BCUT2D eigenvalue weighted by Crippen LogP contribution is -2.61. The van der Waals surface area contributed by atoms with Crippen molar-refractivity contribution in [1.29, 1.82) is 0 Å². The normalized spacial score (nSPS) is 45.4. The molecule has 0 amide bonds. The van der Waals surface area contributed by atoms with E-state index >= 15 is 0 Å². The van der Waals surface area contributed by atoms with E-state index in [4.69, 9.17) is 13.7 Å². The summed E-state index contributed by atoms with van der Waals surface area (Å²) in [4.78, 5) is 5.33. The smallest absolute Gasteiger partial charge is 0.185 e. The minimum absolute atomic E-state index is 0.155. The molecule has 0 aromatic rings. The second-order valence-corrected chi connectivity index (χ2v) is 23.6. The molecule has 6 heteroatoms. The minimum atomic E-state index is -1.77. The summed E-state index contributed by atoms with van der Waals surface area (Å²) in [7, 11) is -1.56. The predicted octanol–water partition coefficient (Wildman–Crippen LogP) is 7.86. The standard InChI is InChI=1S/C28H53NO3Si2/c1-20(29-30-4)28(32-34(8,9)10)18-15-25-23-12-11-21-19-22(31-33(5,6)7)13-16-26(21,2)24(23)14-17-27(25,28)3/h21-25H,11-19H2,1-10H3/t21-,22-,23?,24?,25?,26+,27+,28+/m1/s1. The first-order valence-corrected chi connectivity index (χ1v) is 20.9. The zero-order chi connectivity index (χ0) is 25.2. The Morgan fingerprint density at radius 3 is 2.12 bits per heavy atom. The van der Waals surface area contributed by atoms with Crippen LogP contribution in [0.25, 0.3) is 0 Å². The molecule has 4 aliphatic rings. The van der Waals surface area contributed by atoms with E-state index in [1.54, 1.807) is 7.11 Å². The Labute approximate surface area is 212 Å². The monoisotopic (exact) mass is 507 g/mol. The van der Waals surface area contributed by atoms with Gasteiger partial charge in [0.2, 0.25) is 0 Å². The Bertz CT molecular complexity index is 790. The summed E-state index contributed by atoms with van der Waals surface area (Å²) in [6.07, 6.45) is 12.2. The van der Waals surface area contributed by atoms with Gasteiger partial charge in [-0.15, -0.1) is 0 Å². The molecule has 4 saturated carbocycles. The third-order valence-electron chi connectivity index (χ3n) is 10.6. The van der Waals surface area contributed by atoms with Crippen LogP contribution in [0.4, 0.5) is 0 Å². The van der Waals surface area contributed by atoms with Crippen molar-refractivity contribution < 1.29 is 13.7 Å². The molecule has 0 aromatic heterocycles. The van der Waals surface area contributed by atoms with Crippen molar-refractivity contribution in [3.05, 3.63) is 0 Å². The summed E-state index contributed by atoms with van der Waals surface area (Å²) in [5, 5.41) is 4.52. The van der Waals surface area contributed by atoms with Crippen molar-refractivity contribution in [2.24, 2.45) is 39.7 Å². The van der Waals surface area contributed by atoms with Crippen LogP contribution in [0.1, 0.15) is 78.6 Å². The summed E-state index contributed by atoms with van der Waals surface area (Å²) in [6.45, 7) is 21.5. The Morgan fingerprint density at radius 1 is 0.824 bits per heavy atom. The zero-order valence-corrected chi connectivity index (χ0v) is 25.9. The maximum atomic E-state index is 7.16. The number of rotatable bonds is 6. The van der Waals surface area contributed by atoms with E-state index < -0.39 is 16.6 Å². The maximum absolute atomic E-state index is 7.16. The van der Waals surface area contributed by atoms with Gasteiger partial charge in [0.1, 0.15) is 12.7 Å². The van der Waals surface area contributed by atoms with Gasteiger partial charge in [-0.25, -0.2) is 0 Å². The minimum Gasteiger partial charge on any atom is -0.415 e. The number of nitrogens with zero attached hydrogens (tertiary/aromatic N) is 1. The number of hydrogen-bond acceptors (Lipinski definition) is 4. The van der Waals surface area contributed by atoms with Crippen molar-refractivity contribution >= 4 is 22.3 Å². The molecular weight excluding hydrogens is 454 g/mol. The lowest BCUT2D eigenvalue weighted by atomic mass is 9.44. The van der Waals surface area contributed by atoms with Gasteiger partial charge in [0.25, 0.3) is 0 Å². The molecule has 196 valence electrons. The van der Waals surface area contributed by atoms with Crippen molar-refractivity contribution in [2.75, 3.05) is 7.11 Å². The van der Waals surface area contributed by atoms with Gasteiger partial charge in [-0.1, -0.05) is 19.0 Å². The lowest BCUT2D eigenvalue weighted by Gasteiger charge is -2.62. The summed E-state index contributed by atoms with van der Waals surface area (Å²) in [6, 6.07) is 0. The quantitative estimate of drug-likeness (QED) is 0.209. The molecule has 34 heavy (non-hydrogen) atoms. The molecular formula is C28H53NO3Si2.